The molecular weight excluding hydrogens is 591 g/mol. The molecule has 0 rings (SSSR count). The lowest BCUT2D eigenvalue weighted by molar-refractivity contribution is 0.285. The SMILES string of the molecule is CCCCCCCCNC(=S)NCCN(CCNC(=S)NCCCCCCCC)CCNC(=S)NCCCCCCCC. The van der Waals surface area contributed by atoms with E-state index in [1.165, 1.54) is 116 Å². The average molecular weight is 660 g/mol. The Hall–Kier alpha value is -0.970. The number of unbranched alkanes of at least 4 members (excludes halogenated alkanes) is 15. The van der Waals surface area contributed by atoms with Crippen LogP contribution in [-0.2, 0) is 0 Å². The van der Waals surface area contributed by atoms with Crippen molar-refractivity contribution in [2.24, 2.45) is 0 Å². The first-order valence-corrected chi connectivity index (χ1v) is 19.0. The van der Waals surface area contributed by atoms with Gasteiger partial charge in [0, 0.05) is 58.9 Å². The van der Waals surface area contributed by atoms with Crippen molar-refractivity contribution >= 4 is 52.0 Å². The fourth-order valence-corrected chi connectivity index (χ4v) is 5.44. The molecule has 0 aromatic rings. The highest BCUT2D eigenvalue weighted by atomic mass is 32.1. The predicted octanol–water partition coefficient (Wildman–Crippen LogP) is 6.76. The van der Waals surface area contributed by atoms with E-state index in [4.69, 9.17) is 36.7 Å². The second-order valence-corrected chi connectivity index (χ2v) is 12.9. The van der Waals surface area contributed by atoms with Gasteiger partial charge in [-0.05, 0) is 55.9 Å². The summed E-state index contributed by atoms with van der Waals surface area (Å²) in [5.41, 5.74) is 0. The fourth-order valence-electron chi connectivity index (χ4n) is 4.83. The van der Waals surface area contributed by atoms with E-state index >= 15 is 0 Å². The molecule has 0 fully saturated rings. The summed E-state index contributed by atoms with van der Waals surface area (Å²) in [6, 6.07) is 0. The van der Waals surface area contributed by atoms with Crippen LogP contribution < -0.4 is 31.9 Å². The van der Waals surface area contributed by atoms with E-state index in [9.17, 15) is 0 Å². The van der Waals surface area contributed by atoms with E-state index in [0.29, 0.717) is 0 Å². The summed E-state index contributed by atoms with van der Waals surface area (Å²) in [4.78, 5) is 2.43. The average Bonchev–Trinajstić information content (AvgIpc) is 2.99. The molecule has 7 nitrogen and oxygen atoms in total. The van der Waals surface area contributed by atoms with E-state index in [0.717, 1.165) is 74.2 Å². The van der Waals surface area contributed by atoms with Crippen molar-refractivity contribution in [2.75, 3.05) is 58.9 Å². The molecule has 43 heavy (non-hydrogen) atoms. The summed E-state index contributed by atoms with van der Waals surface area (Å²) in [6.07, 6.45) is 23.3. The van der Waals surface area contributed by atoms with Crippen LogP contribution in [0.15, 0.2) is 0 Å². The zero-order chi connectivity index (χ0) is 31.6. The summed E-state index contributed by atoms with van der Waals surface area (Å²) < 4.78 is 0. The zero-order valence-corrected chi connectivity index (χ0v) is 30.7. The molecule has 0 aliphatic carbocycles. The first-order valence-electron chi connectivity index (χ1n) is 17.8. The lowest BCUT2D eigenvalue weighted by Crippen LogP contribution is -2.46. The van der Waals surface area contributed by atoms with Crippen LogP contribution in [0.2, 0.25) is 0 Å². The number of nitrogens with one attached hydrogen (secondary N) is 6. The maximum Gasteiger partial charge on any atom is 0.166 e. The molecule has 0 unspecified atom stereocenters. The largest absolute Gasteiger partial charge is 0.363 e. The van der Waals surface area contributed by atoms with E-state index in [1.807, 2.05) is 0 Å². The van der Waals surface area contributed by atoms with Gasteiger partial charge in [0.2, 0.25) is 0 Å². The summed E-state index contributed by atoms with van der Waals surface area (Å²) >= 11 is 16.5. The summed E-state index contributed by atoms with van der Waals surface area (Å²) in [7, 11) is 0. The maximum absolute atomic E-state index is 5.51. The lowest BCUT2D eigenvalue weighted by atomic mass is 10.1. The predicted molar refractivity (Wildman–Crippen MR) is 202 cm³/mol. The van der Waals surface area contributed by atoms with Crippen molar-refractivity contribution in [3.8, 4) is 0 Å². The molecule has 0 aliphatic heterocycles. The number of rotatable bonds is 30. The molecular formula is C33H69N7S3. The van der Waals surface area contributed by atoms with Gasteiger partial charge in [-0.1, -0.05) is 117 Å². The molecule has 0 aromatic heterocycles. The third kappa shape index (κ3) is 32.2. The monoisotopic (exact) mass is 659 g/mol. The lowest BCUT2D eigenvalue weighted by Gasteiger charge is -2.24. The Morgan fingerprint density at radius 2 is 0.581 bits per heavy atom. The Morgan fingerprint density at radius 3 is 0.860 bits per heavy atom. The van der Waals surface area contributed by atoms with Crippen LogP contribution in [0.1, 0.15) is 136 Å². The van der Waals surface area contributed by atoms with Crippen molar-refractivity contribution < 1.29 is 0 Å². The van der Waals surface area contributed by atoms with Gasteiger partial charge in [-0.2, -0.15) is 0 Å². The van der Waals surface area contributed by atoms with Crippen LogP contribution in [0.4, 0.5) is 0 Å². The van der Waals surface area contributed by atoms with Gasteiger partial charge >= 0.3 is 0 Å². The molecule has 0 spiro atoms. The summed E-state index contributed by atoms with van der Waals surface area (Å²) in [6.45, 7) is 14.7. The topological polar surface area (TPSA) is 75.4 Å². The van der Waals surface area contributed by atoms with Crippen molar-refractivity contribution in [2.45, 2.75) is 136 Å². The first-order chi connectivity index (χ1) is 21.0. The van der Waals surface area contributed by atoms with Crippen LogP contribution in [0.3, 0.4) is 0 Å². The van der Waals surface area contributed by atoms with Gasteiger partial charge in [0.25, 0.3) is 0 Å². The Bertz CT molecular complexity index is 566. The Morgan fingerprint density at radius 1 is 0.349 bits per heavy atom. The van der Waals surface area contributed by atoms with Crippen LogP contribution in [0.5, 0.6) is 0 Å². The Kier molecular flexibility index (Phi) is 33.1. The number of nitrogens with zero attached hydrogens (tertiary/aromatic N) is 1. The fraction of sp³-hybridized carbons (Fsp3) is 0.909. The van der Waals surface area contributed by atoms with E-state index in [-0.39, 0.29) is 0 Å². The van der Waals surface area contributed by atoms with Gasteiger partial charge in [0.1, 0.15) is 0 Å². The maximum atomic E-state index is 5.51. The minimum Gasteiger partial charge on any atom is -0.363 e. The molecule has 0 saturated carbocycles. The highest BCUT2D eigenvalue weighted by Crippen LogP contribution is 2.05. The van der Waals surface area contributed by atoms with Crippen molar-refractivity contribution in [3.05, 3.63) is 0 Å². The number of thiocarbonyl (C=S) groups is 3. The van der Waals surface area contributed by atoms with E-state index in [2.05, 4.69) is 57.6 Å². The zero-order valence-electron chi connectivity index (χ0n) is 28.3. The van der Waals surface area contributed by atoms with Gasteiger partial charge in [0.15, 0.2) is 15.3 Å². The normalized spacial score (nSPS) is 10.9. The smallest absolute Gasteiger partial charge is 0.166 e. The van der Waals surface area contributed by atoms with Gasteiger partial charge in [0.05, 0.1) is 0 Å². The standard InChI is InChI=1S/C33H69N7S3/c1-4-7-10-13-16-19-22-34-31(41)37-25-28-40(29-26-38-32(42)35-23-20-17-14-11-8-5-2)30-27-39-33(43)36-24-21-18-15-12-9-6-3/h4-30H2,1-3H3,(H2,34,37,41)(H2,35,38,42)(H2,36,39,43). The summed E-state index contributed by atoms with van der Waals surface area (Å²) in [5, 5.41) is 22.5. The van der Waals surface area contributed by atoms with E-state index < -0.39 is 0 Å². The quantitative estimate of drug-likeness (QED) is 0.0368. The molecule has 0 bridgehead atoms. The molecule has 254 valence electrons. The summed E-state index contributed by atoms with van der Waals surface area (Å²) in [5.74, 6) is 0. The van der Waals surface area contributed by atoms with Crippen molar-refractivity contribution in [3.63, 3.8) is 0 Å². The highest BCUT2D eigenvalue weighted by Gasteiger charge is 2.07. The molecule has 10 heteroatoms. The molecule has 0 aromatic carbocycles. The molecule has 0 heterocycles. The van der Waals surface area contributed by atoms with E-state index in [1.54, 1.807) is 0 Å². The molecule has 0 radical (unpaired) electrons. The minimum atomic E-state index is 0.755. The first kappa shape index (κ1) is 42.0. The van der Waals surface area contributed by atoms with Gasteiger partial charge in [-0.15, -0.1) is 0 Å². The highest BCUT2D eigenvalue weighted by molar-refractivity contribution is 7.80. The van der Waals surface area contributed by atoms with Crippen molar-refractivity contribution in [1.29, 1.82) is 0 Å². The molecule has 0 atom stereocenters. The third-order valence-electron chi connectivity index (χ3n) is 7.59. The van der Waals surface area contributed by atoms with Gasteiger partial charge in [-0.25, -0.2) is 0 Å². The molecule has 0 saturated heterocycles. The Balaban J connectivity index is 4.29. The number of hydrogen-bond acceptors (Lipinski definition) is 4. The van der Waals surface area contributed by atoms with Gasteiger partial charge in [-0.3, -0.25) is 4.90 Å². The van der Waals surface area contributed by atoms with Crippen LogP contribution >= 0.6 is 36.7 Å². The van der Waals surface area contributed by atoms with Crippen molar-refractivity contribution in [1.82, 2.24) is 36.8 Å². The number of hydrogen-bond donors (Lipinski definition) is 6. The Labute approximate surface area is 283 Å². The van der Waals surface area contributed by atoms with Crippen LogP contribution in [0.25, 0.3) is 0 Å². The molecule has 0 amide bonds. The second kappa shape index (κ2) is 33.9. The molecule has 0 aliphatic rings. The van der Waals surface area contributed by atoms with Gasteiger partial charge < -0.3 is 31.9 Å². The third-order valence-corrected chi connectivity index (χ3v) is 8.45. The second-order valence-electron chi connectivity index (χ2n) is 11.7. The van der Waals surface area contributed by atoms with Crippen LogP contribution in [-0.4, -0.2) is 79.1 Å². The molecule has 6 N–H and O–H groups in total. The minimum absolute atomic E-state index is 0.755. The van der Waals surface area contributed by atoms with Crippen LogP contribution in [0, 0.1) is 0 Å².